The van der Waals surface area contributed by atoms with Gasteiger partial charge in [0, 0.05) is 45.2 Å². The summed E-state index contributed by atoms with van der Waals surface area (Å²) in [4.78, 5) is 17.1. The van der Waals surface area contributed by atoms with Gasteiger partial charge in [-0.05, 0) is 30.7 Å². The molecule has 4 nitrogen and oxygen atoms in total. The van der Waals surface area contributed by atoms with Crippen LogP contribution in [0, 0.1) is 5.92 Å². The summed E-state index contributed by atoms with van der Waals surface area (Å²) >= 11 is 0. The number of likely N-dealkylation sites (tertiary alicyclic amines) is 1. The number of hydrogen-bond donors (Lipinski definition) is 1. The summed E-state index contributed by atoms with van der Waals surface area (Å²) in [6.07, 6.45) is 6.35. The van der Waals surface area contributed by atoms with E-state index in [-0.39, 0.29) is 24.4 Å². The van der Waals surface area contributed by atoms with Crippen LogP contribution in [0.15, 0.2) is 30.3 Å². The second-order valence-electron chi connectivity index (χ2n) is 7.58. The molecule has 0 radical (unpaired) electrons. The van der Waals surface area contributed by atoms with Gasteiger partial charge < -0.3 is 10.6 Å². The first-order chi connectivity index (χ1) is 11.6. The Bertz CT molecular complexity index is 539. The van der Waals surface area contributed by atoms with Crippen molar-refractivity contribution in [3.05, 3.63) is 35.9 Å². The molecule has 25 heavy (non-hydrogen) atoms. The molecule has 1 saturated heterocycles. The minimum Gasteiger partial charge on any atom is -0.341 e. The van der Waals surface area contributed by atoms with E-state index in [1.165, 1.54) is 18.4 Å². The van der Waals surface area contributed by atoms with Crippen molar-refractivity contribution in [1.29, 1.82) is 0 Å². The van der Waals surface area contributed by atoms with E-state index in [0.29, 0.717) is 18.4 Å². The van der Waals surface area contributed by atoms with Gasteiger partial charge in [-0.15, -0.1) is 12.4 Å². The minimum atomic E-state index is 0. The van der Waals surface area contributed by atoms with Gasteiger partial charge in [-0.1, -0.05) is 43.2 Å². The van der Waals surface area contributed by atoms with Gasteiger partial charge in [-0.3, -0.25) is 9.69 Å². The molecular weight excluding hydrogens is 334 g/mol. The summed E-state index contributed by atoms with van der Waals surface area (Å²) in [6.45, 7) is 3.03. The fraction of sp³-hybridized carbons (Fsp3) is 0.650. The van der Waals surface area contributed by atoms with Crippen LogP contribution in [0.2, 0.25) is 0 Å². The quantitative estimate of drug-likeness (QED) is 0.872. The molecule has 1 heterocycles. The Hall–Kier alpha value is -1.10. The summed E-state index contributed by atoms with van der Waals surface area (Å²) in [5, 5.41) is 0. The van der Waals surface area contributed by atoms with E-state index in [1.807, 2.05) is 11.9 Å². The van der Waals surface area contributed by atoms with Crippen LogP contribution in [-0.2, 0) is 11.3 Å². The molecule has 1 aliphatic heterocycles. The normalized spacial score (nSPS) is 26.9. The number of rotatable bonds is 5. The second kappa shape index (κ2) is 9.56. The summed E-state index contributed by atoms with van der Waals surface area (Å²) in [5.41, 5.74) is 7.56. The van der Waals surface area contributed by atoms with Crippen molar-refractivity contribution < 1.29 is 4.79 Å². The Morgan fingerprint density at radius 1 is 1.20 bits per heavy atom. The number of benzene rings is 1. The monoisotopic (exact) mass is 365 g/mol. The molecular formula is C20H32ClN3O. The van der Waals surface area contributed by atoms with Crippen LogP contribution in [0.4, 0.5) is 0 Å². The molecule has 3 atom stereocenters. The summed E-state index contributed by atoms with van der Waals surface area (Å²) in [6, 6.07) is 11.1. The van der Waals surface area contributed by atoms with E-state index in [1.54, 1.807) is 0 Å². The maximum absolute atomic E-state index is 12.7. The van der Waals surface area contributed by atoms with Gasteiger partial charge in [0.15, 0.2) is 0 Å². The lowest BCUT2D eigenvalue weighted by Crippen LogP contribution is -2.42. The lowest BCUT2D eigenvalue weighted by atomic mass is 9.82. The zero-order valence-corrected chi connectivity index (χ0v) is 16.1. The van der Waals surface area contributed by atoms with Crippen molar-refractivity contribution in [2.45, 2.75) is 57.2 Å². The van der Waals surface area contributed by atoms with Gasteiger partial charge in [0.1, 0.15) is 0 Å². The molecule has 1 aliphatic carbocycles. The summed E-state index contributed by atoms with van der Waals surface area (Å²) in [7, 11) is 1.98. The molecule has 1 saturated carbocycles. The van der Waals surface area contributed by atoms with Gasteiger partial charge >= 0.3 is 0 Å². The van der Waals surface area contributed by atoms with Gasteiger partial charge in [-0.2, -0.15) is 0 Å². The van der Waals surface area contributed by atoms with Crippen molar-refractivity contribution in [1.82, 2.24) is 9.80 Å². The van der Waals surface area contributed by atoms with Crippen LogP contribution < -0.4 is 5.73 Å². The molecule has 140 valence electrons. The van der Waals surface area contributed by atoms with Gasteiger partial charge in [0.2, 0.25) is 5.91 Å². The highest BCUT2D eigenvalue weighted by atomic mass is 35.5. The van der Waals surface area contributed by atoms with Gasteiger partial charge in [0.05, 0.1) is 0 Å². The van der Waals surface area contributed by atoms with Crippen molar-refractivity contribution in [2.24, 2.45) is 11.7 Å². The highest BCUT2D eigenvalue weighted by molar-refractivity contribution is 5.85. The number of carbonyl (C=O) groups excluding carboxylic acids is 1. The van der Waals surface area contributed by atoms with Crippen LogP contribution >= 0.6 is 12.4 Å². The number of nitrogens with two attached hydrogens (primary N) is 1. The lowest BCUT2D eigenvalue weighted by Gasteiger charge is -2.31. The van der Waals surface area contributed by atoms with Crippen LogP contribution in [0.1, 0.15) is 44.1 Å². The SMILES string of the molecule is CN(C(=O)CC1CCCCC1N)C1CCN(Cc2ccccc2)C1.Cl. The Morgan fingerprint density at radius 2 is 1.92 bits per heavy atom. The van der Waals surface area contributed by atoms with Crippen molar-refractivity contribution in [3.63, 3.8) is 0 Å². The maximum atomic E-state index is 12.7. The fourth-order valence-corrected chi connectivity index (χ4v) is 4.18. The third-order valence-corrected chi connectivity index (χ3v) is 5.84. The van der Waals surface area contributed by atoms with E-state index >= 15 is 0 Å². The highest BCUT2D eigenvalue weighted by Crippen LogP contribution is 2.27. The molecule has 2 fully saturated rings. The zero-order valence-electron chi connectivity index (χ0n) is 15.3. The highest BCUT2D eigenvalue weighted by Gasteiger charge is 2.31. The van der Waals surface area contributed by atoms with E-state index in [0.717, 1.165) is 38.9 Å². The molecule has 1 aromatic rings. The predicted octanol–water partition coefficient (Wildman–Crippen LogP) is 3.05. The molecule has 5 heteroatoms. The number of carbonyl (C=O) groups is 1. The average Bonchev–Trinajstić information content (AvgIpc) is 3.05. The number of nitrogens with zero attached hydrogens (tertiary/aromatic N) is 2. The van der Waals surface area contributed by atoms with Gasteiger partial charge in [0.25, 0.3) is 0 Å². The molecule has 1 aromatic carbocycles. The van der Waals surface area contributed by atoms with E-state index in [2.05, 4.69) is 35.2 Å². The van der Waals surface area contributed by atoms with Crippen LogP contribution in [0.3, 0.4) is 0 Å². The second-order valence-corrected chi connectivity index (χ2v) is 7.58. The standard InChI is InChI=1S/C20H31N3O.ClH/c1-22(20(24)13-17-9-5-6-10-19(17)21)18-11-12-23(15-18)14-16-7-3-2-4-8-16;/h2-4,7-8,17-19H,5-6,9-15,21H2,1H3;1H. The smallest absolute Gasteiger partial charge is 0.222 e. The van der Waals surface area contributed by atoms with Crippen LogP contribution in [-0.4, -0.2) is 47.9 Å². The molecule has 3 rings (SSSR count). The molecule has 3 unspecified atom stereocenters. The van der Waals surface area contributed by atoms with Crippen molar-refractivity contribution in [3.8, 4) is 0 Å². The summed E-state index contributed by atoms with van der Waals surface area (Å²) < 4.78 is 0. The molecule has 0 spiro atoms. The Labute approximate surface area is 158 Å². The maximum Gasteiger partial charge on any atom is 0.222 e. The topological polar surface area (TPSA) is 49.6 Å². The number of halogens is 1. The predicted molar refractivity (Wildman–Crippen MR) is 105 cm³/mol. The molecule has 0 bridgehead atoms. The fourth-order valence-electron chi connectivity index (χ4n) is 4.18. The Balaban J connectivity index is 0.00000225. The summed E-state index contributed by atoms with van der Waals surface area (Å²) in [5.74, 6) is 0.666. The lowest BCUT2D eigenvalue weighted by molar-refractivity contribution is -0.133. The third-order valence-electron chi connectivity index (χ3n) is 5.84. The molecule has 1 amide bonds. The number of hydrogen-bond acceptors (Lipinski definition) is 3. The molecule has 2 N–H and O–H groups in total. The first-order valence-corrected chi connectivity index (χ1v) is 9.41. The number of likely N-dealkylation sites (N-methyl/N-ethyl adjacent to an activating group) is 1. The number of amides is 1. The molecule has 2 aliphatic rings. The first kappa shape index (κ1) is 20.2. The Morgan fingerprint density at radius 3 is 2.64 bits per heavy atom. The van der Waals surface area contributed by atoms with Crippen LogP contribution in [0.5, 0.6) is 0 Å². The minimum absolute atomic E-state index is 0. The average molecular weight is 366 g/mol. The van der Waals surface area contributed by atoms with Crippen LogP contribution in [0.25, 0.3) is 0 Å². The van der Waals surface area contributed by atoms with Crippen molar-refractivity contribution >= 4 is 18.3 Å². The first-order valence-electron chi connectivity index (χ1n) is 9.41. The van der Waals surface area contributed by atoms with E-state index < -0.39 is 0 Å². The zero-order chi connectivity index (χ0) is 16.9. The molecule has 0 aromatic heterocycles. The van der Waals surface area contributed by atoms with E-state index in [4.69, 9.17) is 5.73 Å². The van der Waals surface area contributed by atoms with Crippen molar-refractivity contribution in [2.75, 3.05) is 20.1 Å². The van der Waals surface area contributed by atoms with E-state index in [9.17, 15) is 4.79 Å². The Kier molecular flexibility index (Phi) is 7.73. The van der Waals surface area contributed by atoms with Gasteiger partial charge in [-0.25, -0.2) is 0 Å². The third kappa shape index (κ3) is 5.44. The largest absolute Gasteiger partial charge is 0.341 e.